The van der Waals surface area contributed by atoms with E-state index in [-0.39, 0.29) is 42.2 Å². The maximum Gasteiger partial charge on any atom is 0.322 e. The van der Waals surface area contributed by atoms with Crippen LogP contribution in [0.15, 0.2) is 39.8 Å². The molecule has 0 saturated carbocycles. The Morgan fingerprint density at radius 2 is 1.61 bits per heavy atom. The summed E-state index contributed by atoms with van der Waals surface area (Å²) in [6.07, 6.45) is -12.9. The largest absolute Gasteiger partial charge is 0.459 e. The number of nitrogens with one attached hydrogen (secondary N) is 2. The van der Waals surface area contributed by atoms with Crippen molar-refractivity contribution in [3.05, 3.63) is 36.1 Å². The van der Waals surface area contributed by atoms with Gasteiger partial charge in [-0.15, -0.1) is 0 Å². The van der Waals surface area contributed by atoms with Crippen LogP contribution in [0.2, 0.25) is 0 Å². The average Bonchev–Trinajstić information content (AvgIpc) is 3.69. The van der Waals surface area contributed by atoms with Crippen molar-refractivity contribution in [2.24, 2.45) is 17.8 Å². The molecule has 0 bridgehead atoms. The molecule has 3 aliphatic rings. The Hall–Kier alpha value is -3.56. The molecular formula is C47H77N5O17S. The Balaban J connectivity index is 1.56. The lowest BCUT2D eigenvalue weighted by Crippen LogP contribution is -2.61. The van der Waals surface area contributed by atoms with Gasteiger partial charge in [-0.2, -0.15) is 0 Å². The Labute approximate surface area is 410 Å². The Morgan fingerprint density at radius 3 is 2.19 bits per heavy atom. The minimum atomic E-state index is -4.10. The summed E-state index contributed by atoms with van der Waals surface area (Å²) >= 11 is 0. The summed E-state index contributed by atoms with van der Waals surface area (Å²) in [6, 6.07) is 4.34. The quantitative estimate of drug-likeness (QED) is 0.150. The maximum atomic E-state index is 14.5. The molecule has 0 spiro atoms. The number of sulfonamides is 1. The zero-order chi connectivity index (χ0) is 52.4. The van der Waals surface area contributed by atoms with Gasteiger partial charge in [-0.3, -0.25) is 9.52 Å². The van der Waals surface area contributed by atoms with E-state index in [1.165, 1.54) is 70.0 Å². The van der Waals surface area contributed by atoms with Gasteiger partial charge in [-0.05, 0) is 112 Å². The molecule has 18 atom stereocenters. The third-order valence-electron chi connectivity index (χ3n) is 14.2. The molecule has 8 N–H and O–H groups in total. The van der Waals surface area contributed by atoms with Gasteiger partial charge in [0.2, 0.25) is 0 Å². The minimum Gasteiger partial charge on any atom is -0.459 e. The number of aliphatic hydroxyl groups is 6. The molecule has 5 rings (SSSR count). The molecule has 22 nitrogen and oxygen atoms in total. The number of anilines is 2. The van der Waals surface area contributed by atoms with Gasteiger partial charge < -0.3 is 78.7 Å². The predicted octanol–water partition coefficient (Wildman–Crippen LogP) is 2.53. The zero-order valence-corrected chi connectivity index (χ0v) is 43.3. The highest BCUT2D eigenvalue weighted by Crippen LogP contribution is 2.40. The van der Waals surface area contributed by atoms with Gasteiger partial charge in [0.05, 0.1) is 40.8 Å². The lowest BCUT2D eigenvalue weighted by molar-refractivity contribution is -0.348. The first-order chi connectivity index (χ1) is 32.5. The molecule has 2 aromatic rings. The van der Waals surface area contributed by atoms with Gasteiger partial charge in [0.1, 0.15) is 41.4 Å². The van der Waals surface area contributed by atoms with Crippen molar-refractivity contribution in [3.8, 4) is 0 Å². The molecule has 4 heterocycles. The van der Waals surface area contributed by atoms with E-state index in [1.54, 1.807) is 34.6 Å². The molecular weight excluding hydrogens is 939 g/mol. The fraction of sp³-hybridized carbons (Fsp3) is 0.766. The van der Waals surface area contributed by atoms with Gasteiger partial charge in [0, 0.05) is 43.8 Å². The number of cyclic esters (lactones) is 1. The van der Waals surface area contributed by atoms with E-state index >= 15 is 0 Å². The number of rotatable bonds is 11. The van der Waals surface area contributed by atoms with E-state index in [1.807, 2.05) is 25.9 Å². The summed E-state index contributed by atoms with van der Waals surface area (Å²) in [4.78, 5) is 32.0. The molecule has 3 fully saturated rings. The number of esters is 1. The second-order valence-electron chi connectivity index (χ2n) is 20.4. The second-order valence-corrected chi connectivity index (χ2v) is 22.1. The van der Waals surface area contributed by atoms with Crippen LogP contribution < -0.4 is 10.0 Å². The molecule has 70 heavy (non-hydrogen) atoms. The predicted molar refractivity (Wildman–Crippen MR) is 252 cm³/mol. The van der Waals surface area contributed by atoms with Crippen molar-refractivity contribution in [2.75, 3.05) is 37.8 Å². The minimum absolute atomic E-state index is 0.00386. The number of ether oxygens (including phenoxy) is 6. The first-order valence-electron chi connectivity index (χ1n) is 23.8. The van der Waals surface area contributed by atoms with Crippen molar-refractivity contribution in [2.45, 2.75) is 190 Å². The molecule has 23 heteroatoms. The normalized spacial score (nSPS) is 39.7. The number of aliphatic hydroxyl groups excluding tert-OH is 4. The topological polar surface area (TPSA) is 302 Å². The number of likely N-dealkylation sites (N-methyl/N-ethyl adjacent to an activating group) is 1. The van der Waals surface area contributed by atoms with Gasteiger partial charge in [0.15, 0.2) is 24.7 Å². The van der Waals surface area contributed by atoms with Gasteiger partial charge in [-0.25, -0.2) is 13.2 Å². The molecule has 0 unspecified atom stereocenters. The van der Waals surface area contributed by atoms with E-state index in [4.69, 9.17) is 32.9 Å². The molecule has 3 saturated heterocycles. The summed E-state index contributed by atoms with van der Waals surface area (Å²) in [6.45, 7) is 15.8. The fourth-order valence-corrected chi connectivity index (χ4v) is 11.0. The molecule has 3 aliphatic heterocycles. The Bertz CT molecular complexity index is 2160. The molecule has 1 aromatic heterocycles. The Morgan fingerprint density at radius 1 is 0.971 bits per heavy atom. The number of aromatic nitrogens is 1. The molecule has 398 valence electrons. The average molecular weight is 1020 g/mol. The van der Waals surface area contributed by atoms with Crippen LogP contribution in [0.1, 0.15) is 93.8 Å². The van der Waals surface area contributed by atoms with Crippen LogP contribution in [0.3, 0.4) is 0 Å². The number of nitrogens with zero attached hydrogens (tertiary/aromatic N) is 3. The first kappa shape index (κ1) is 57.3. The van der Waals surface area contributed by atoms with E-state index in [2.05, 4.69) is 15.2 Å². The first-order valence-corrected chi connectivity index (χ1v) is 25.3. The van der Waals surface area contributed by atoms with Crippen molar-refractivity contribution in [1.29, 1.82) is 0 Å². The standard InChI is InChI=1S/C47H77N5O17S/c1-14-33-47(10,60)38(54)29(7)52(44(58)48-30-15-17-31(18-16-30)70(61,62)50-34-20-26(4)69-49-34)23-24(2)21-45(8,59)40(68-43-36(53)32(51(11)12)19-25(3)64-43)27(5)37(28(6)41(56)65-33)66-35-22-46(9,63-13)39(55)42(57)67-35/h15-18,20,24-25,27-29,32-33,35-40,42-43,53-55,57,59-60H,14,19,21-23H2,1-13H3,(H,48,58)(H,49,50)/t24-,25-,27+,28-,29-,32-,33-,35-,36-,37+,38-,39-,40-,42+,43+,45+,46+,47-/m1/s1. The highest BCUT2D eigenvalue weighted by atomic mass is 32.2. The van der Waals surface area contributed by atoms with Crippen molar-refractivity contribution < 1.29 is 81.6 Å². The lowest BCUT2D eigenvalue weighted by Gasteiger charge is -2.48. The van der Waals surface area contributed by atoms with E-state index in [0.717, 1.165) is 0 Å². The van der Waals surface area contributed by atoms with Gasteiger partial charge >= 0.3 is 12.0 Å². The van der Waals surface area contributed by atoms with Crippen LogP contribution in [0.4, 0.5) is 16.3 Å². The van der Waals surface area contributed by atoms with E-state index in [0.29, 0.717) is 12.2 Å². The second kappa shape index (κ2) is 22.7. The monoisotopic (exact) mass is 1020 g/mol. The number of carbonyl (C=O) groups is 2. The smallest absolute Gasteiger partial charge is 0.322 e. The third kappa shape index (κ3) is 13.0. The molecule has 0 radical (unpaired) electrons. The Kier molecular flexibility index (Phi) is 18.6. The third-order valence-corrected chi connectivity index (χ3v) is 15.6. The van der Waals surface area contributed by atoms with Crippen LogP contribution >= 0.6 is 0 Å². The van der Waals surface area contributed by atoms with Gasteiger partial charge in [0.25, 0.3) is 10.0 Å². The highest BCUT2D eigenvalue weighted by Gasteiger charge is 2.53. The number of benzene rings is 1. The summed E-state index contributed by atoms with van der Waals surface area (Å²) in [7, 11) is 0.886. The van der Waals surface area contributed by atoms with Crippen molar-refractivity contribution in [3.63, 3.8) is 0 Å². The maximum absolute atomic E-state index is 14.5. The van der Waals surface area contributed by atoms with E-state index in [9.17, 15) is 48.6 Å². The molecule has 2 amide bonds. The summed E-state index contributed by atoms with van der Waals surface area (Å²) < 4.78 is 70.4. The SMILES string of the molecule is CC[C@H]1OC(=O)[C@H](C)[C@@H](O[C@H]2C[C@](C)(OC)[C@H](O)[C@@H](O)O2)[C@H](C)[C@@H](O[C@@H]2O[C@H](C)C[C@@H](N(C)C)[C@H]2O)[C@@](C)(O)C[C@@H](C)CN(C(=O)Nc2ccc(S(=O)(=O)Nc3cc(C)on3)cc2)[C@H](C)[C@@H](O)[C@]1(C)O. The van der Waals surface area contributed by atoms with Crippen molar-refractivity contribution >= 4 is 33.5 Å². The molecule has 1 aromatic carbocycles. The number of carbonyl (C=O) groups excluding carboxylic acids is 2. The molecule has 0 aliphatic carbocycles. The zero-order valence-electron chi connectivity index (χ0n) is 42.5. The summed E-state index contributed by atoms with van der Waals surface area (Å²) in [5.74, 6) is -3.38. The number of hydrogen-bond donors (Lipinski definition) is 8. The van der Waals surface area contributed by atoms with Crippen LogP contribution in [0.5, 0.6) is 0 Å². The fourth-order valence-electron chi connectivity index (χ4n) is 10.0. The van der Waals surface area contributed by atoms with Crippen LogP contribution in [-0.4, -0.2) is 184 Å². The number of hydrogen-bond acceptors (Lipinski definition) is 19. The number of amides is 2. The summed E-state index contributed by atoms with van der Waals surface area (Å²) in [5.41, 5.74) is -5.25. The lowest BCUT2D eigenvalue weighted by atomic mass is 9.77. The number of aryl methyl sites for hydroxylation is 1. The highest BCUT2D eigenvalue weighted by molar-refractivity contribution is 7.92. The van der Waals surface area contributed by atoms with Crippen LogP contribution in [-0.2, 0) is 43.2 Å². The number of urea groups is 1. The van der Waals surface area contributed by atoms with Crippen molar-refractivity contribution in [1.82, 2.24) is 15.0 Å². The summed E-state index contributed by atoms with van der Waals surface area (Å²) in [5, 5.41) is 76.8. The van der Waals surface area contributed by atoms with Crippen LogP contribution in [0, 0.1) is 24.7 Å². The van der Waals surface area contributed by atoms with E-state index < -0.39 is 130 Å². The number of methoxy groups -OCH3 is 1. The van der Waals surface area contributed by atoms with Gasteiger partial charge in [-0.1, -0.05) is 25.9 Å². The van der Waals surface area contributed by atoms with Crippen LogP contribution in [0.25, 0.3) is 0 Å².